The Bertz CT molecular complexity index is 499. The number of fused-ring (bicyclic) bond motifs is 2. The predicted octanol–water partition coefficient (Wildman–Crippen LogP) is 3.46. The second-order valence-corrected chi connectivity index (χ2v) is 4.54. The van der Waals surface area contributed by atoms with Crippen molar-refractivity contribution in [2.75, 3.05) is 29.6 Å². The molecule has 2 aromatic carbocycles. The Kier molecular flexibility index (Phi) is 2.43. The van der Waals surface area contributed by atoms with Crippen LogP contribution < -0.4 is 9.80 Å². The number of anilines is 2. The van der Waals surface area contributed by atoms with E-state index in [4.69, 9.17) is 0 Å². The van der Waals surface area contributed by atoms with Crippen LogP contribution in [0.4, 0.5) is 11.4 Å². The highest BCUT2D eigenvalue weighted by molar-refractivity contribution is 5.94. The first-order valence-corrected chi connectivity index (χ1v) is 6.36. The lowest BCUT2D eigenvalue weighted by Gasteiger charge is -2.18. The zero-order valence-electron chi connectivity index (χ0n) is 10.5. The molecule has 0 N–H and O–H groups in total. The van der Waals surface area contributed by atoms with Crippen molar-refractivity contribution in [3.05, 3.63) is 36.4 Å². The number of hydrogen-bond donors (Lipinski definition) is 0. The lowest BCUT2D eigenvalue weighted by molar-refractivity contribution is 0.801. The van der Waals surface area contributed by atoms with Crippen LogP contribution in [-0.2, 0) is 0 Å². The third-order valence-corrected chi connectivity index (χ3v) is 3.63. The normalized spacial score (nSPS) is 14.5. The van der Waals surface area contributed by atoms with Gasteiger partial charge in [0.1, 0.15) is 0 Å². The zero-order chi connectivity index (χ0) is 11.8. The summed E-state index contributed by atoms with van der Waals surface area (Å²) >= 11 is 0. The van der Waals surface area contributed by atoms with Gasteiger partial charge in [0.15, 0.2) is 0 Å². The summed E-state index contributed by atoms with van der Waals surface area (Å²) in [6, 6.07) is 13.2. The van der Waals surface area contributed by atoms with Crippen LogP contribution in [0.15, 0.2) is 36.4 Å². The Labute approximate surface area is 102 Å². The van der Waals surface area contributed by atoms with Crippen LogP contribution in [0.3, 0.4) is 0 Å². The van der Waals surface area contributed by atoms with Gasteiger partial charge in [0.2, 0.25) is 0 Å². The molecule has 17 heavy (non-hydrogen) atoms. The van der Waals surface area contributed by atoms with Crippen molar-refractivity contribution in [1.82, 2.24) is 0 Å². The molecule has 0 saturated heterocycles. The van der Waals surface area contributed by atoms with Crippen LogP contribution in [0.5, 0.6) is 0 Å². The SMILES string of the molecule is CCN1CN(CC)c2cc3ccccc3cc21. The molecule has 2 aromatic rings. The number of nitrogens with zero attached hydrogens (tertiary/aromatic N) is 2. The minimum atomic E-state index is 1.03. The Hall–Kier alpha value is -1.70. The first-order valence-electron chi connectivity index (χ1n) is 6.36. The van der Waals surface area contributed by atoms with Gasteiger partial charge >= 0.3 is 0 Å². The fourth-order valence-electron chi connectivity index (χ4n) is 2.62. The summed E-state index contributed by atoms with van der Waals surface area (Å²) in [6.45, 7) is 7.61. The van der Waals surface area contributed by atoms with Crippen LogP contribution in [0.25, 0.3) is 10.8 Å². The monoisotopic (exact) mass is 226 g/mol. The van der Waals surface area contributed by atoms with E-state index >= 15 is 0 Å². The number of rotatable bonds is 2. The predicted molar refractivity (Wildman–Crippen MR) is 74.9 cm³/mol. The molecule has 0 saturated carbocycles. The van der Waals surface area contributed by atoms with E-state index < -0.39 is 0 Å². The molecule has 0 spiro atoms. The van der Waals surface area contributed by atoms with Gasteiger partial charge in [-0.15, -0.1) is 0 Å². The maximum Gasteiger partial charge on any atom is 0.0903 e. The largest absolute Gasteiger partial charge is 0.352 e. The highest BCUT2D eigenvalue weighted by Crippen LogP contribution is 2.38. The van der Waals surface area contributed by atoms with Crippen molar-refractivity contribution in [3.8, 4) is 0 Å². The van der Waals surface area contributed by atoms with Crippen molar-refractivity contribution in [2.45, 2.75) is 13.8 Å². The van der Waals surface area contributed by atoms with Crippen LogP contribution in [0, 0.1) is 0 Å². The van der Waals surface area contributed by atoms with Gasteiger partial charge in [-0.05, 0) is 36.8 Å². The molecular weight excluding hydrogens is 208 g/mol. The molecule has 0 amide bonds. The third kappa shape index (κ3) is 1.55. The van der Waals surface area contributed by atoms with E-state index in [9.17, 15) is 0 Å². The third-order valence-electron chi connectivity index (χ3n) is 3.63. The topological polar surface area (TPSA) is 6.48 Å². The van der Waals surface area contributed by atoms with Crippen LogP contribution in [0.2, 0.25) is 0 Å². The fourth-order valence-corrected chi connectivity index (χ4v) is 2.62. The molecule has 2 heteroatoms. The molecule has 0 aliphatic carbocycles. The highest BCUT2D eigenvalue weighted by atomic mass is 15.4. The average molecular weight is 226 g/mol. The first kappa shape index (κ1) is 10.5. The van der Waals surface area contributed by atoms with Gasteiger partial charge < -0.3 is 9.80 Å². The molecule has 3 rings (SSSR count). The fraction of sp³-hybridized carbons (Fsp3) is 0.333. The van der Waals surface area contributed by atoms with Gasteiger partial charge in [-0.25, -0.2) is 0 Å². The zero-order valence-corrected chi connectivity index (χ0v) is 10.5. The molecule has 0 unspecified atom stereocenters. The molecule has 0 atom stereocenters. The van der Waals surface area contributed by atoms with E-state index in [2.05, 4.69) is 60.0 Å². The summed E-state index contributed by atoms with van der Waals surface area (Å²) in [5.41, 5.74) is 2.76. The van der Waals surface area contributed by atoms with Crippen molar-refractivity contribution in [3.63, 3.8) is 0 Å². The molecule has 0 radical (unpaired) electrons. The minimum Gasteiger partial charge on any atom is -0.352 e. The van der Waals surface area contributed by atoms with E-state index in [1.54, 1.807) is 0 Å². The van der Waals surface area contributed by atoms with Crippen molar-refractivity contribution in [2.24, 2.45) is 0 Å². The Balaban J connectivity index is 2.21. The molecule has 0 aromatic heterocycles. The summed E-state index contributed by atoms with van der Waals surface area (Å²) in [5.74, 6) is 0. The highest BCUT2D eigenvalue weighted by Gasteiger charge is 2.23. The smallest absolute Gasteiger partial charge is 0.0903 e. The maximum atomic E-state index is 2.44. The summed E-state index contributed by atoms with van der Waals surface area (Å²) in [6.07, 6.45) is 0. The molecule has 0 fully saturated rings. The maximum absolute atomic E-state index is 2.44. The van der Waals surface area contributed by atoms with Gasteiger partial charge in [-0.3, -0.25) is 0 Å². The molecule has 88 valence electrons. The van der Waals surface area contributed by atoms with E-state index in [-0.39, 0.29) is 0 Å². The average Bonchev–Trinajstić information content (AvgIpc) is 2.73. The molecular formula is C15H18N2. The quantitative estimate of drug-likeness (QED) is 0.773. The number of benzene rings is 2. The molecule has 1 aliphatic heterocycles. The van der Waals surface area contributed by atoms with Gasteiger partial charge in [0.25, 0.3) is 0 Å². The Morgan fingerprint density at radius 3 is 1.76 bits per heavy atom. The summed E-state index contributed by atoms with van der Waals surface area (Å²) < 4.78 is 0. The van der Waals surface area contributed by atoms with Crippen LogP contribution in [-0.4, -0.2) is 19.8 Å². The van der Waals surface area contributed by atoms with Crippen LogP contribution >= 0.6 is 0 Å². The van der Waals surface area contributed by atoms with Crippen molar-refractivity contribution < 1.29 is 0 Å². The summed E-state index contributed by atoms with van der Waals surface area (Å²) in [5, 5.41) is 2.67. The number of hydrogen-bond acceptors (Lipinski definition) is 2. The second-order valence-electron chi connectivity index (χ2n) is 4.54. The van der Waals surface area contributed by atoms with Crippen molar-refractivity contribution in [1.29, 1.82) is 0 Å². The second kappa shape index (κ2) is 3.95. The minimum absolute atomic E-state index is 1.03. The summed E-state index contributed by atoms with van der Waals surface area (Å²) in [4.78, 5) is 4.87. The lowest BCUT2D eigenvalue weighted by Crippen LogP contribution is -2.30. The van der Waals surface area contributed by atoms with Gasteiger partial charge in [0, 0.05) is 13.1 Å². The van der Waals surface area contributed by atoms with E-state index in [1.165, 1.54) is 22.1 Å². The standard InChI is InChI=1S/C15H18N2/c1-3-16-11-17(4-2)15-10-13-8-6-5-7-12(13)9-14(15)16/h5-10H,3-4,11H2,1-2H3. The van der Waals surface area contributed by atoms with E-state index in [0.29, 0.717) is 0 Å². The molecule has 1 heterocycles. The molecule has 2 nitrogen and oxygen atoms in total. The van der Waals surface area contributed by atoms with Gasteiger partial charge in [0.05, 0.1) is 18.0 Å². The van der Waals surface area contributed by atoms with Gasteiger partial charge in [-0.1, -0.05) is 24.3 Å². The molecule has 0 bridgehead atoms. The van der Waals surface area contributed by atoms with Crippen LogP contribution in [0.1, 0.15) is 13.8 Å². The summed E-state index contributed by atoms with van der Waals surface area (Å²) in [7, 11) is 0. The van der Waals surface area contributed by atoms with E-state index in [0.717, 1.165) is 19.8 Å². The Morgan fingerprint density at radius 1 is 0.882 bits per heavy atom. The van der Waals surface area contributed by atoms with E-state index in [1.807, 2.05) is 0 Å². The van der Waals surface area contributed by atoms with Gasteiger partial charge in [-0.2, -0.15) is 0 Å². The molecule has 1 aliphatic rings. The first-order chi connectivity index (χ1) is 8.33. The Morgan fingerprint density at radius 2 is 1.35 bits per heavy atom. The van der Waals surface area contributed by atoms with Crippen molar-refractivity contribution >= 4 is 22.1 Å². The lowest BCUT2D eigenvalue weighted by atomic mass is 10.1.